The highest BCUT2D eigenvalue weighted by atomic mass is 16.5. The van der Waals surface area contributed by atoms with Gasteiger partial charge < -0.3 is 42.2 Å². The minimum atomic E-state index is -1.51. The third-order valence-corrected chi connectivity index (χ3v) is 7.44. The fourth-order valence-electron chi connectivity index (χ4n) is 4.78. The van der Waals surface area contributed by atoms with E-state index in [1.165, 1.54) is 12.1 Å². The summed E-state index contributed by atoms with van der Waals surface area (Å²) in [6, 6.07) is -0.0696. The molecule has 0 saturated carbocycles. The molecule has 1 aromatic rings. The number of aromatic hydroxyl groups is 1. The first-order chi connectivity index (χ1) is 22.1. The molecular weight excluding hydrogens is 612 g/mol. The Kier molecular flexibility index (Phi) is 14.9. The molecule has 0 fully saturated rings. The van der Waals surface area contributed by atoms with Crippen LogP contribution in [0.15, 0.2) is 36.4 Å². The van der Waals surface area contributed by atoms with Crippen molar-refractivity contribution in [3.05, 3.63) is 42.0 Å². The van der Waals surface area contributed by atoms with Crippen molar-refractivity contribution in [1.29, 1.82) is 0 Å². The van der Waals surface area contributed by atoms with Gasteiger partial charge >= 0.3 is 5.97 Å². The molecule has 0 radical (unpaired) electrons. The molecule has 0 spiro atoms. The summed E-state index contributed by atoms with van der Waals surface area (Å²) < 4.78 is 4.82. The van der Waals surface area contributed by atoms with E-state index in [9.17, 15) is 38.7 Å². The highest BCUT2D eigenvalue weighted by Gasteiger charge is 2.35. The van der Waals surface area contributed by atoms with Crippen LogP contribution in [0.4, 0.5) is 0 Å². The minimum Gasteiger partial charge on any atom is -0.508 e. The van der Waals surface area contributed by atoms with Gasteiger partial charge in [0, 0.05) is 12.8 Å². The van der Waals surface area contributed by atoms with E-state index in [0.717, 1.165) is 7.11 Å². The van der Waals surface area contributed by atoms with Crippen LogP contribution in [0.5, 0.6) is 5.75 Å². The van der Waals surface area contributed by atoms with Crippen LogP contribution in [-0.2, 0) is 44.7 Å². The zero-order valence-electron chi connectivity index (χ0n) is 27.3. The second kappa shape index (κ2) is 18.3. The quantitative estimate of drug-likeness (QED) is 0.147. The molecule has 1 aliphatic heterocycles. The Balaban J connectivity index is 2.51. The van der Waals surface area contributed by atoms with Crippen molar-refractivity contribution in [1.82, 2.24) is 26.6 Å². The molecule has 2 rings (SSSR count). The molecule has 0 unspecified atom stereocenters. The number of phenols is 1. The summed E-state index contributed by atoms with van der Waals surface area (Å²) in [5.74, 6) is -6.17. The van der Waals surface area contributed by atoms with Gasteiger partial charge in [0.25, 0.3) is 0 Å². The number of methoxy groups -OCH3 is 1. The molecule has 1 aliphatic rings. The SMILES string of the molecule is COC(=O)[C@@H]1C/C=C/CCC(=O)N[C@@H](Cc2ccc(O)cc2)C(=O)N[C@@H](C(C)C)C(=O)N[C@@H](CC(N)=O)C(=O)N[C@@H](C(C)C)C(=O)N1. The predicted octanol–water partition coefficient (Wildman–Crippen LogP) is -0.541. The van der Waals surface area contributed by atoms with Crippen molar-refractivity contribution < 1.29 is 43.4 Å². The lowest BCUT2D eigenvalue weighted by Crippen LogP contribution is -2.61. The molecule has 0 bridgehead atoms. The molecule has 1 aromatic carbocycles. The molecule has 0 aliphatic carbocycles. The number of phenolic OH excluding ortho intramolecular Hbond substituents is 1. The van der Waals surface area contributed by atoms with Gasteiger partial charge in [-0.3, -0.25) is 28.8 Å². The van der Waals surface area contributed by atoms with E-state index < -0.39 is 89.9 Å². The molecule has 0 aromatic heterocycles. The highest BCUT2D eigenvalue weighted by Crippen LogP contribution is 2.13. The third kappa shape index (κ3) is 12.4. The monoisotopic (exact) mass is 658 g/mol. The molecule has 15 heteroatoms. The zero-order chi connectivity index (χ0) is 35.3. The number of primary amides is 1. The molecule has 8 N–H and O–H groups in total. The number of amides is 6. The first-order valence-electron chi connectivity index (χ1n) is 15.4. The number of nitrogens with one attached hydrogen (secondary N) is 5. The number of hydrogen-bond donors (Lipinski definition) is 7. The van der Waals surface area contributed by atoms with Crippen molar-refractivity contribution in [3.63, 3.8) is 0 Å². The summed E-state index contributed by atoms with van der Waals surface area (Å²) >= 11 is 0. The maximum Gasteiger partial charge on any atom is 0.328 e. The van der Waals surface area contributed by atoms with Gasteiger partial charge in [0.15, 0.2) is 0 Å². The lowest BCUT2D eigenvalue weighted by molar-refractivity contribution is -0.145. The number of hydrogen-bond acceptors (Lipinski definition) is 9. The van der Waals surface area contributed by atoms with Crippen LogP contribution in [0.3, 0.4) is 0 Å². The molecule has 0 saturated heterocycles. The van der Waals surface area contributed by atoms with Crippen molar-refractivity contribution >= 4 is 41.4 Å². The Morgan fingerprint density at radius 2 is 1.36 bits per heavy atom. The Bertz CT molecular complexity index is 1330. The number of rotatable bonds is 7. The minimum absolute atomic E-state index is 0.0155. The maximum atomic E-state index is 13.6. The van der Waals surface area contributed by atoms with Gasteiger partial charge in [0.2, 0.25) is 35.4 Å². The second-order valence-electron chi connectivity index (χ2n) is 12.0. The number of nitrogens with two attached hydrogens (primary N) is 1. The molecule has 258 valence electrons. The Morgan fingerprint density at radius 3 is 1.89 bits per heavy atom. The summed E-state index contributed by atoms with van der Waals surface area (Å²) in [5.41, 5.74) is 6.00. The Morgan fingerprint density at radius 1 is 0.809 bits per heavy atom. The smallest absolute Gasteiger partial charge is 0.328 e. The van der Waals surface area contributed by atoms with E-state index in [1.54, 1.807) is 52.0 Å². The second-order valence-corrected chi connectivity index (χ2v) is 12.0. The first-order valence-corrected chi connectivity index (χ1v) is 15.4. The lowest BCUT2D eigenvalue weighted by atomic mass is 9.99. The summed E-state index contributed by atoms with van der Waals surface area (Å²) in [6.45, 7) is 6.62. The molecule has 6 amide bonds. The Hall–Kier alpha value is -4.95. The van der Waals surface area contributed by atoms with Crippen LogP contribution < -0.4 is 32.3 Å². The van der Waals surface area contributed by atoms with Crippen LogP contribution in [0.25, 0.3) is 0 Å². The molecular formula is C32H46N6O9. The maximum absolute atomic E-state index is 13.6. The van der Waals surface area contributed by atoms with E-state index in [1.807, 2.05) is 0 Å². The number of esters is 1. The number of allylic oxidation sites excluding steroid dienone is 1. The van der Waals surface area contributed by atoms with Crippen molar-refractivity contribution in [2.24, 2.45) is 17.6 Å². The lowest BCUT2D eigenvalue weighted by Gasteiger charge is -2.29. The van der Waals surface area contributed by atoms with E-state index >= 15 is 0 Å². The fraction of sp³-hybridized carbons (Fsp3) is 0.531. The van der Waals surface area contributed by atoms with Crippen molar-refractivity contribution in [2.75, 3.05) is 7.11 Å². The summed E-state index contributed by atoms with van der Waals surface area (Å²) in [7, 11) is 1.16. The first kappa shape index (κ1) is 38.2. The number of benzene rings is 1. The molecule has 47 heavy (non-hydrogen) atoms. The predicted molar refractivity (Wildman–Crippen MR) is 170 cm³/mol. The number of ether oxygens (including phenoxy) is 1. The van der Waals surface area contributed by atoms with Crippen molar-refractivity contribution in [3.8, 4) is 5.75 Å². The summed E-state index contributed by atoms with van der Waals surface area (Å²) in [6.07, 6.45) is 2.90. The molecule has 5 atom stereocenters. The average molecular weight is 659 g/mol. The van der Waals surface area contributed by atoms with Gasteiger partial charge in [-0.1, -0.05) is 52.0 Å². The van der Waals surface area contributed by atoms with Crippen LogP contribution >= 0.6 is 0 Å². The largest absolute Gasteiger partial charge is 0.508 e. The average Bonchev–Trinajstić information content (AvgIpc) is 3.00. The standard InChI is InChI=1S/C32H46N6O9/c1-17(2)26-30(44)35-21(32(46)47-5)9-7-6-8-10-25(41)34-22(15-19-11-13-20(39)14-12-19)28(42)37-27(18(3)4)31(45)36-23(16-24(33)40)29(43)38-26/h6-7,11-14,17-18,21-23,26-27,39H,8-10,15-16H2,1-5H3,(H2,33,40)(H,34,41)(H,35,44)(H,36,45)(H,37,42)(H,38,43)/b7-6+/t21-,22-,23-,26-,27-/m0/s1. The van der Waals surface area contributed by atoms with Gasteiger partial charge in [0.1, 0.15) is 36.0 Å². The molecule has 15 nitrogen and oxygen atoms in total. The van der Waals surface area contributed by atoms with Gasteiger partial charge in [0.05, 0.1) is 13.5 Å². The Labute approximate surface area is 273 Å². The molecule has 1 heterocycles. The highest BCUT2D eigenvalue weighted by molar-refractivity contribution is 5.97. The fourth-order valence-corrected chi connectivity index (χ4v) is 4.78. The van der Waals surface area contributed by atoms with Crippen LogP contribution in [-0.4, -0.2) is 83.8 Å². The normalized spacial score (nSPS) is 24.7. The van der Waals surface area contributed by atoms with Gasteiger partial charge in [-0.15, -0.1) is 0 Å². The summed E-state index contributed by atoms with van der Waals surface area (Å²) in [4.78, 5) is 91.0. The van der Waals surface area contributed by atoms with Gasteiger partial charge in [-0.05, 0) is 42.4 Å². The van der Waals surface area contributed by atoms with E-state index in [-0.39, 0.29) is 31.4 Å². The van der Waals surface area contributed by atoms with E-state index in [4.69, 9.17) is 10.5 Å². The van der Waals surface area contributed by atoms with Crippen molar-refractivity contribution in [2.45, 2.75) is 90.0 Å². The summed E-state index contributed by atoms with van der Waals surface area (Å²) in [5, 5.41) is 22.6. The van der Waals surface area contributed by atoms with E-state index in [0.29, 0.717) is 5.56 Å². The van der Waals surface area contributed by atoms with Gasteiger partial charge in [-0.25, -0.2) is 4.79 Å². The topological polar surface area (TPSA) is 235 Å². The van der Waals surface area contributed by atoms with Gasteiger partial charge in [-0.2, -0.15) is 0 Å². The van der Waals surface area contributed by atoms with Crippen LogP contribution in [0, 0.1) is 11.8 Å². The van der Waals surface area contributed by atoms with E-state index in [2.05, 4.69) is 26.6 Å². The van der Waals surface area contributed by atoms with Crippen LogP contribution in [0.1, 0.15) is 58.9 Å². The third-order valence-electron chi connectivity index (χ3n) is 7.44. The number of carbonyl (C=O) groups is 7. The zero-order valence-corrected chi connectivity index (χ0v) is 27.3. The number of carbonyl (C=O) groups excluding carboxylic acids is 7. The van der Waals surface area contributed by atoms with Crippen LogP contribution in [0.2, 0.25) is 0 Å².